The Morgan fingerprint density at radius 1 is 0.833 bits per heavy atom. The summed E-state index contributed by atoms with van der Waals surface area (Å²) in [5, 5.41) is 2.80. The van der Waals surface area contributed by atoms with Gasteiger partial charge in [-0.1, -0.05) is 45.9 Å². The molecule has 2 aromatic rings. The number of anilines is 1. The van der Waals surface area contributed by atoms with Crippen molar-refractivity contribution in [3.05, 3.63) is 70.6 Å². The summed E-state index contributed by atoms with van der Waals surface area (Å²) in [6.45, 7) is 8.24. The number of carbonyl (C=O) groups excluding carboxylic acids is 3. The fraction of sp³-hybridized carbons (Fsp3) is 0.441. The summed E-state index contributed by atoms with van der Waals surface area (Å²) in [7, 11) is 5.07. The van der Waals surface area contributed by atoms with Gasteiger partial charge in [0.05, 0.1) is 19.9 Å². The fourth-order valence-corrected chi connectivity index (χ4v) is 6.56. The molecule has 0 spiro atoms. The van der Waals surface area contributed by atoms with E-state index in [0.717, 1.165) is 29.8 Å². The van der Waals surface area contributed by atoms with Gasteiger partial charge in [-0.05, 0) is 53.5 Å². The first-order valence-corrected chi connectivity index (χ1v) is 14.3. The third-order valence-electron chi connectivity index (χ3n) is 8.44. The van der Waals surface area contributed by atoms with Gasteiger partial charge in [0.1, 0.15) is 5.75 Å². The van der Waals surface area contributed by atoms with Crippen LogP contribution in [0.4, 0.5) is 5.69 Å². The van der Waals surface area contributed by atoms with Gasteiger partial charge < -0.3 is 24.4 Å². The number of amides is 1. The minimum atomic E-state index is -0.477. The highest BCUT2D eigenvalue weighted by Gasteiger charge is 2.48. The molecule has 8 heteroatoms. The zero-order chi connectivity index (χ0) is 30.4. The van der Waals surface area contributed by atoms with Crippen LogP contribution in [0.25, 0.3) is 0 Å². The van der Waals surface area contributed by atoms with Gasteiger partial charge in [0.25, 0.3) is 5.91 Å². The molecular weight excluding hydrogens is 532 g/mol. The van der Waals surface area contributed by atoms with Crippen molar-refractivity contribution in [3.63, 3.8) is 0 Å². The molecule has 0 fully saturated rings. The second kappa shape index (κ2) is 11.0. The number of methoxy groups -OCH3 is 2. The first-order chi connectivity index (χ1) is 19.8. The summed E-state index contributed by atoms with van der Waals surface area (Å²) in [6.07, 6.45) is 2.37. The van der Waals surface area contributed by atoms with Gasteiger partial charge in [-0.3, -0.25) is 14.4 Å². The number of hydrogen-bond acceptors (Lipinski definition) is 7. The predicted molar refractivity (Wildman–Crippen MR) is 161 cm³/mol. The summed E-state index contributed by atoms with van der Waals surface area (Å²) in [5.74, 6) is 0.693. The monoisotopic (exact) mass is 572 g/mol. The molecule has 222 valence electrons. The molecule has 1 aliphatic heterocycles. The third kappa shape index (κ3) is 5.54. The Balaban J connectivity index is 1.48. The van der Waals surface area contributed by atoms with Crippen molar-refractivity contribution in [1.82, 2.24) is 4.90 Å². The van der Waals surface area contributed by atoms with Crippen molar-refractivity contribution in [1.29, 1.82) is 0 Å². The molecule has 1 amide bonds. The lowest BCUT2D eigenvalue weighted by molar-refractivity contribution is -0.120. The number of rotatable bonds is 7. The van der Waals surface area contributed by atoms with E-state index in [9.17, 15) is 14.4 Å². The number of benzene rings is 2. The number of Topliss-reactive ketones (excluding diaryl/α,β-unsaturated/α-hetero) is 2. The van der Waals surface area contributed by atoms with Crippen LogP contribution in [0.1, 0.15) is 64.9 Å². The Hall–Kier alpha value is -4.07. The van der Waals surface area contributed by atoms with Crippen LogP contribution in [-0.4, -0.2) is 50.2 Å². The zero-order valence-corrected chi connectivity index (χ0v) is 25.6. The lowest BCUT2D eigenvalue weighted by atomic mass is 9.64. The van der Waals surface area contributed by atoms with Crippen LogP contribution >= 0.6 is 0 Å². The first-order valence-electron chi connectivity index (χ1n) is 14.3. The van der Waals surface area contributed by atoms with E-state index >= 15 is 0 Å². The van der Waals surface area contributed by atoms with Crippen LogP contribution in [0.3, 0.4) is 0 Å². The van der Waals surface area contributed by atoms with E-state index in [1.54, 1.807) is 25.3 Å². The van der Waals surface area contributed by atoms with E-state index in [2.05, 4.69) is 37.9 Å². The van der Waals surface area contributed by atoms with Gasteiger partial charge in [0.15, 0.2) is 29.7 Å². The molecule has 1 N–H and O–H groups in total. The highest BCUT2D eigenvalue weighted by atomic mass is 16.5. The number of ketones is 2. The number of carbonyl (C=O) groups is 3. The van der Waals surface area contributed by atoms with Crippen molar-refractivity contribution in [2.75, 3.05) is 33.2 Å². The average molecular weight is 573 g/mol. The van der Waals surface area contributed by atoms with Crippen LogP contribution in [0.5, 0.6) is 17.2 Å². The Kier molecular flexibility index (Phi) is 7.68. The maximum absolute atomic E-state index is 13.7. The summed E-state index contributed by atoms with van der Waals surface area (Å²) < 4.78 is 16.9. The molecule has 3 aliphatic rings. The van der Waals surface area contributed by atoms with Gasteiger partial charge in [-0.15, -0.1) is 0 Å². The molecule has 0 radical (unpaired) electrons. The molecule has 42 heavy (non-hydrogen) atoms. The Morgan fingerprint density at radius 3 is 1.98 bits per heavy atom. The van der Waals surface area contributed by atoms with Crippen LogP contribution in [0.15, 0.2) is 65.0 Å². The summed E-state index contributed by atoms with van der Waals surface area (Å²) in [5.41, 5.74) is 4.42. The SMILES string of the molecule is COc1ccccc1NC(=O)COc1ccc(C2C3=C(CC(C)(C)CC3=O)N(C)C3=C2C(=O)CC(C)(C)C3)cc1OC. The summed E-state index contributed by atoms with van der Waals surface area (Å²) in [6, 6.07) is 12.6. The molecule has 0 bridgehead atoms. The molecule has 2 aromatic carbocycles. The molecule has 1 heterocycles. The van der Waals surface area contributed by atoms with Gasteiger partial charge in [0, 0.05) is 48.3 Å². The lowest BCUT2D eigenvalue weighted by Gasteiger charge is -2.47. The molecule has 0 unspecified atom stereocenters. The normalized spacial score (nSPS) is 19.7. The minimum Gasteiger partial charge on any atom is -0.495 e. The Morgan fingerprint density at radius 2 is 1.40 bits per heavy atom. The van der Waals surface area contributed by atoms with Gasteiger partial charge in [0.2, 0.25) is 0 Å². The lowest BCUT2D eigenvalue weighted by Crippen LogP contribution is -2.43. The summed E-state index contributed by atoms with van der Waals surface area (Å²) >= 11 is 0. The Labute approximate surface area is 247 Å². The van der Waals surface area contributed by atoms with Gasteiger partial charge in [-0.25, -0.2) is 0 Å². The van der Waals surface area contributed by atoms with Gasteiger partial charge >= 0.3 is 0 Å². The molecule has 0 saturated heterocycles. The highest BCUT2D eigenvalue weighted by molar-refractivity contribution is 6.06. The van der Waals surface area contributed by atoms with Gasteiger partial charge in [-0.2, -0.15) is 0 Å². The topological polar surface area (TPSA) is 94.2 Å². The number of hydrogen-bond donors (Lipinski definition) is 1. The van der Waals surface area contributed by atoms with Crippen LogP contribution in [0.2, 0.25) is 0 Å². The molecule has 0 aromatic heterocycles. The van der Waals surface area contributed by atoms with E-state index in [1.165, 1.54) is 7.11 Å². The van der Waals surface area contributed by atoms with E-state index in [1.807, 2.05) is 31.3 Å². The van der Waals surface area contributed by atoms with Crippen molar-refractivity contribution in [2.45, 2.75) is 59.3 Å². The van der Waals surface area contributed by atoms with Crippen molar-refractivity contribution >= 4 is 23.2 Å². The zero-order valence-electron chi connectivity index (χ0n) is 25.6. The van der Waals surface area contributed by atoms with Crippen LogP contribution in [0, 0.1) is 10.8 Å². The van der Waals surface area contributed by atoms with E-state index < -0.39 is 5.92 Å². The molecular formula is C34H40N2O6. The van der Waals surface area contributed by atoms with Crippen LogP contribution in [-0.2, 0) is 14.4 Å². The quantitative estimate of drug-likeness (QED) is 0.433. The molecule has 8 nitrogen and oxygen atoms in total. The van der Waals surface area contributed by atoms with Crippen molar-refractivity contribution in [2.24, 2.45) is 10.8 Å². The Bertz CT molecular complexity index is 1460. The molecule has 0 saturated carbocycles. The standard InChI is InChI=1S/C34H40N2O6/c1-33(2)15-22-31(24(37)17-33)30(32-23(36(22)5)16-34(3,4)18-25(32)38)20-12-13-27(28(14-20)41-7)42-19-29(39)35-21-10-8-9-11-26(21)40-6/h8-14,30H,15-19H2,1-7H3,(H,35,39). The molecule has 5 rings (SSSR count). The maximum Gasteiger partial charge on any atom is 0.262 e. The number of ether oxygens (including phenoxy) is 3. The molecule has 0 atom stereocenters. The average Bonchev–Trinajstić information content (AvgIpc) is 2.92. The number of allylic oxidation sites excluding steroid dienone is 4. The second-order valence-corrected chi connectivity index (χ2v) is 13.0. The fourth-order valence-electron chi connectivity index (χ4n) is 6.56. The van der Waals surface area contributed by atoms with E-state index in [0.29, 0.717) is 46.9 Å². The number of para-hydroxylation sites is 2. The first kappa shape index (κ1) is 29.4. The van der Waals surface area contributed by atoms with E-state index in [-0.39, 0.29) is 34.9 Å². The highest BCUT2D eigenvalue weighted by Crippen LogP contribution is 2.54. The van der Waals surface area contributed by atoms with E-state index in [4.69, 9.17) is 14.2 Å². The minimum absolute atomic E-state index is 0.0783. The largest absolute Gasteiger partial charge is 0.495 e. The number of nitrogens with zero attached hydrogens (tertiary/aromatic N) is 1. The predicted octanol–water partition coefficient (Wildman–Crippen LogP) is 6.04. The second-order valence-electron chi connectivity index (χ2n) is 13.0. The number of nitrogens with one attached hydrogen (secondary N) is 1. The van der Waals surface area contributed by atoms with Crippen molar-refractivity contribution < 1.29 is 28.6 Å². The van der Waals surface area contributed by atoms with Crippen LogP contribution < -0.4 is 19.5 Å². The maximum atomic E-state index is 13.7. The van der Waals surface area contributed by atoms with Crippen molar-refractivity contribution in [3.8, 4) is 17.2 Å². The molecule has 2 aliphatic carbocycles. The smallest absolute Gasteiger partial charge is 0.262 e. The summed E-state index contributed by atoms with van der Waals surface area (Å²) in [4.78, 5) is 42.3. The third-order valence-corrected chi connectivity index (χ3v) is 8.44.